The number of hydrogen-bond donors (Lipinski definition) is 1. The average molecular weight is 371 g/mol. The fourth-order valence-corrected chi connectivity index (χ4v) is 2.73. The highest BCUT2D eigenvalue weighted by Gasteiger charge is 2.17. The molecule has 2 rings (SSSR count). The SMILES string of the molecule is CCN(CC)Cc1ccc(CNC(=O)c2cc([N+](=O)[O-])ccc2OC)cc1. The van der Waals surface area contributed by atoms with E-state index in [2.05, 4.69) is 24.1 Å². The highest BCUT2D eigenvalue weighted by molar-refractivity contribution is 5.97. The van der Waals surface area contributed by atoms with Crippen LogP contribution in [-0.4, -0.2) is 35.9 Å². The van der Waals surface area contributed by atoms with Crippen molar-refractivity contribution in [2.75, 3.05) is 20.2 Å². The van der Waals surface area contributed by atoms with Crippen molar-refractivity contribution in [1.82, 2.24) is 10.2 Å². The van der Waals surface area contributed by atoms with E-state index in [4.69, 9.17) is 4.74 Å². The van der Waals surface area contributed by atoms with Gasteiger partial charge in [0.05, 0.1) is 17.6 Å². The Balaban J connectivity index is 2.03. The Morgan fingerprint density at radius 2 is 1.74 bits per heavy atom. The first kappa shape index (κ1) is 20.4. The van der Waals surface area contributed by atoms with E-state index in [1.807, 2.05) is 24.3 Å². The van der Waals surface area contributed by atoms with Crippen LogP contribution in [0.5, 0.6) is 5.75 Å². The first-order valence-electron chi connectivity index (χ1n) is 8.89. The summed E-state index contributed by atoms with van der Waals surface area (Å²) in [6.45, 7) is 7.49. The summed E-state index contributed by atoms with van der Waals surface area (Å²) in [7, 11) is 1.42. The first-order valence-corrected chi connectivity index (χ1v) is 8.89. The normalized spacial score (nSPS) is 10.7. The molecule has 7 nitrogen and oxygen atoms in total. The lowest BCUT2D eigenvalue weighted by Gasteiger charge is -2.18. The summed E-state index contributed by atoms with van der Waals surface area (Å²) >= 11 is 0. The Kier molecular flexibility index (Phi) is 7.31. The molecular weight excluding hydrogens is 346 g/mol. The third kappa shape index (κ3) is 5.52. The summed E-state index contributed by atoms with van der Waals surface area (Å²) in [5.74, 6) is -0.115. The number of carbonyl (C=O) groups is 1. The number of nitrogens with zero attached hydrogens (tertiary/aromatic N) is 2. The quantitative estimate of drug-likeness (QED) is 0.540. The largest absolute Gasteiger partial charge is 0.496 e. The third-order valence-corrected chi connectivity index (χ3v) is 4.42. The molecule has 0 aromatic heterocycles. The minimum absolute atomic E-state index is 0.143. The molecule has 2 aromatic rings. The third-order valence-electron chi connectivity index (χ3n) is 4.42. The summed E-state index contributed by atoms with van der Waals surface area (Å²) in [6, 6.07) is 12.0. The number of ether oxygens (including phenoxy) is 1. The Hall–Kier alpha value is -2.93. The maximum absolute atomic E-state index is 12.4. The lowest BCUT2D eigenvalue weighted by atomic mass is 10.1. The number of rotatable bonds is 9. The van der Waals surface area contributed by atoms with Crippen LogP contribution in [0.2, 0.25) is 0 Å². The smallest absolute Gasteiger partial charge is 0.270 e. The summed E-state index contributed by atoms with van der Waals surface area (Å²) in [6.07, 6.45) is 0. The van der Waals surface area contributed by atoms with Gasteiger partial charge in [0, 0.05) is 25.2 Å². The second kappa shape index (κ2) is 9.68. The molecule has 0 radical (unpaired) electrons. The lowest BCUT2D eigenvalue weighted by Crippen LogP contribution is -2.24. The fraction of sp³-hybridized carbons (Fsp3) is 0.350. The molecule has 0 saturated heterocycles. The second-order valence-corrected chi connectivity index (χ2v) is 6.10. The van der Waals surface area contributed by atoms with E-state index >= 15 is 0 Å². The highest BCUT2D eigenvalue weighted by Crippen LogP contribution is 2.24. The van der Waals surface area contributed by atoms with Gasteiger partial charge in [0.15, 0.2) is 0 Å². The number of nitro groups is 1. The molecule has 0 spiro atoms. The number of nitrogens with one attached hydrogen (secondary N) is 1. The zero-order chi connectivity index (χ0) is 19.8. The van der Waals surface area contributed by atoms with Gasteiger partial charge in [-0.05, 0) is 30.3 Å². The van der Waals surface area contributed by atoms with Gasteiger partial charge in [-0.15, -0.1) is 0 Å². The minimum atomic E-state index is -0.537. The van der Waals surface area contributed by atoms with Crippen molar-refractivity contribution in [2.45, 2.75) is 26.9 Å². The number of nitro benzene ring substituents is 1. The lowest BCUT2D eigenvalue weighted by molar-refractivity contribution is -0.384. The molecule has 0 saturated carbocycles. The van der Waals surface area contributed by atoms with E-state index in [0.29, 0.717) is 12.3 Å². The van der Waals surface area contributed by atoms with Gasteiger partial charge in [-0.2, -0.15) is 0 Å². The number of carbonyl (C=O) groups excluding carboxylic acids is 1. The van der Waals surface area contributed by atoms with Crippen LogP contribution in [-0.2, 0) is 13.1 Å². The van der Waals surface area contributed by atoms with Crippen LogP contribution in [0.3, 0.4) is 0 Å². The van der Waals surface area contributed by atoms with E-state index in [9.17, 15) is 14.9 Å². The van der Waals surface area contributed by atoms with E-state index in [-0.39, 0.29) is 11.3 Å². The molecule has 0 aliphatic carbocycles. The van der Waals surface area contributed by atoms with Crippen molar-refractivity contribution < 1.29 is 14.5 Å². The molecular formula is C20H25N3O4. The van der Waals surface area contributed by atoms with Gasteiger partial charge >= 0.3 is 0 Å². The average Bonchev–Trinajstić information content (AvgIpc) is 2.70. The van der Waals surface area contributed by atoms with Crippen molar-refractivity contribution in [2.24, 2.45) is 0 Å². The van der Waals surface area contributed by atoms with Crippen LogP contribution in [0.1, 0.15) is 35.3 Å². The predicted octanol–water partition coefficient (Wildman–Crippen LogP) is 3.38. The molecule has 27 heavy (non-hydrogen) atoms. The summed E-state index contributed by atoms with van der Waals surface area (Å²) in [4.78, 5) is 25.2. The highest BCUT2D eigenvalue weighted by atomic mass is 16.6. The first-order chi connectivity index (χ1) is 13.0. The molecule has 7 heteroatoms. The summed E-state index contributed by atoms with van der Waals surface area (Å²) in [5, 5.41) is 13.7. The van der Waals surface area contributed by atoms with Crippen LogP contribution in [0.25, 0.3) is 0 Å². The van der Waals surface area contributed by atoms with Gasteiger partial charge in [0.25, 0.3) is 11.6 Å². The minimum Gasteiger partial charge on any atom is -0.496 e. The van der Waals surface area contributed by atoms with Gasteiger partial charge in [-0.3, -0.25) is 19.8 Å². The molecule has 0 heterocycles. The molecule has 1 amide bonds. The Morgan fingerprint density at radius 3 is 2.30 bits per heavy atom. The van der Waals surface area contributed by atoms with Gasteiger partial charge < -0.3 is 10.1 Å². The Labute approximate surface area is 159 Å². The van der Waals surface area contributed by atoms with Crippen LogP contribution >= 0.6 is 0 Å². The molecule has 0 aliphatic rings. The number of benzene rings is 2. The van der Waals surface area contributed by atoms with E-state index < -0.39 is 10.8 Å². The van der Waals surface area contributed by atoms with Crippen LogP contribution in [0.15, 0.2) is 42.5 Å². The maximum Gasteiger partial charge on any atom is 0.270 e. The number of amides is 1. The molecule has 0 atom stereocenters. The zero-order valence-electron chi connectivity index (χ0n) is 15.9. The molecule has 0 fully saturated rings. The molecule has 2 aromatic carbocycles. The Morgan fingerprint density at radius 1 is 1.11 bits per heavy atom. The van der Waals surface area contributed by atoms with E-state index in [1.165, 1.54) is 30.9 Å². The number of non-ortho nitro benzene ring substituents is 1. The van der Waals surface area contributed by atoms with Crippen molar-refractivity contribution in [1.29, 1.82) is 0 Å². The van der Waals surface area contributed by atoms with Crippen LogP contribution in [0, 0.1) is 10.1 Å². The van der Waals surface area contributed by atoms with Crippen molar-refractivity contribution in [3.8, 4) is 5.75 Å². The van der Waals surface area contributed by atoms with Crippen LogP contribution < -0.4 is 10.1 Å². The van der Waals surface area contributed by atoms with Gasteiger partial charge in [-0.25, -0.2) is 0 Å². The molecule has 0 unspecified atom stereocenters. The van der Waals surface area contributed by atoms with E-state index in [0.717, 1.165) is 25.2 Å². The summed E-state index contributed by atoms with van der Waals surface area (Å²) in [5.41, 5.74) is 2.16. The second-order valence-electron chi connectivity index (χ2n) is 6.10. The van der Waals surface area contributed by atoms with Crippen LogP contribution in [0.4, 0.5) is 5.69 Å². The summed E-state index contributed by atoms with van der Waals surface area (Å²) < 4.78 is 5.14. The van der Waals surface area contributed by atoms with Crippen molar-refractivity contribution in [3.05, 3.63) is 69.3 Å². The van der Waals surface area contributed by atoms with Gasteiger partial charge in [0.1, 0.15) is 5.75 Å². The Bertz CT molecular complexity index is 786. The number of hydrogen-bond acceptors (Lipinski definition) is 5. The monoisotopic (exact) mass is 371 g/mol. The zero-order valence-corrected chi connectivity index (χ0v) is 15.9. The fourth-order valence-electron chi connectivity index (χ4n) is 2.73. The number of methoxy groups -OCH3 is 1. The molecule has 144 valence electrons. The standard InChI is InChI=1S/C20H25N3O4/c1-4-22(5-2)14-16-8-6-15(7-9-16)13-21-20(24)18-12-17(23(25)26)10-11-19(18)27-3/h6-12H,4-5,13-14H2,1-3H3,(H,21,24). The predicted molar refractivity (Wildman–Crippen MR) is 104 cm³/mol. The van der Waals surface area contributed by atoms with Crippen molar-refractivity contribution >= 4 is 11.6 Å². The van der Waals surface area contributed by atoms with Gasteiger partial charge in [0.2, 0.25) is 0 Å². The van der Waals surface area contributed by atoms with E-state index in [1.54, 1.807) is 0 Å². The van der Waals surface area contributed by atoms with Gasteiger partial charge in [-0.1, -0.05) is 38.1 Å². The van der Waals surface area contributed by atoms with Crippen molar-refractivity contribution in [3.63, 3.8) is 0 Å². The molecule has 1 N–H and O–H groups in total. The topological polar surface area (TPSA) is 84.7 Å². The maximum atomic E-state index is 12.4. The molecule has 0 aliphatic heterocycles. The molecule has 0 bridgehead atoms.